The zero-order valence-electron chi connectivity index (χ0n) is 19.8. The fourth-order valence-electron chi connectivity index (χ4n) is 4.52. The van der Waals surface area contributed by atoms with E-state index in [1.54, 1.807) is 17.6 Å². The third kappa shape index (κ3) is 5.02. The van der Waals surface area contributed by atoms with Gasteiger partial charge < -0.3 is 10.2 Å². The minimum atomic E-state index is -0.261. The molecule has 8 heteroatoms. The van der Waals surface area contributed by atoms with Gasteiger partial charge in [-0.25, -0.2) is 4.98 Å². The monoisotopic (exact) mass is 485 g/mol. The van der Waals surface area contributed by atoms with Crippen molar-refractivity contribution >= 4 is 28.8 Å². The molecule has 178 valence electrons. The lowest BCUT2D eigenvalue weighted by Crippen LogP contribution is -2.38. The summed E-state index contributed by atoms with van der Waals surface area (Å²) in [5, 5.41) is 9.30. The van der Waals surface area contributed by atoms with Crippen molar-refractivity contribution in [3.05, 3.63) is 88.1 Å². The molecule has 3 heterocycles. The van der Waals surface area contributed by atoms with E-state index in [1.165, 1.54) is 16.9 Å². The number of thiazole rings is 1. The first-order chi connectivity index (χ1) is 17.0. The largest absolute Gasteiger partial charge is 0.339 e. The van der Waals surface area contributed by atoms with Crippen LogP contribution in [-0.2, 0) is 7.05 Å². The fraction of sp³-hybridized carbons (Fsp3) is 0.259. The van der Waals surface area contributed by atoms with Gasteiger partial charge in [-0.15, -0.1) is 11.3 Å². The second-order valence-electron chi connectivity index (χ2n) is 8.91. The van der Waals surface area contributed by atoms with Gasteiger partial charge in [-0.3, -0.25) is 14.3 Å². The number of hydrogen-bond donors (Lipinski definition) is 1. The number of benzene rings is 2. The molecule has 0 atom stereocenters. The fourth-order valence-corrected chi connectivity index (χ4v) is 5.05. The molecular formula is C27H27N5O2S. The molecule has 1 saturated heterocycles. The first kappa shape index (κ1) is 23.0. The lowest BCUT2D eigenvalue weighted by Gasteiger charge is -2.32. The number of nitrogens with zero attached hydrogens (tertiary/aromatic N) is 4. The molecule has 0 spiro atoms. The van der Waals surface area contributed by atoms with Crippen LogP contribution in [-0.4, -0.2) is 44.6 Å². The number of hydrogen-bond acceptors (Lipinski definition) is 5. The van der Waals surface area contributed by atoms with Gasteiger partial charge in [0.05, 0.1) is 6.20 Å². The standard InChI is InChI=1S/C27H27N5O2S/c1-18-3-4-22(15-24(18)30-25(33)26-28-11-14-35-26)27(34)32-12-9-21(10-13-32)19-5-7-20(8-6-19)23-16-29-31(2)17-23/h3-8,11,14-17,21H,9-10,12-13H2,1-2H3,(H,30,33). The van der Waals surface area contributed by atoms with Crippen LogP contribution < -0.4 is 5.32 Å². The predicted octanol–water partition coefficient (Wildman–Crippen LogP) is 5.12. The van der Waals surface area contributed by atoms with Gasteiger partial charge in [-0.2, -0.15) is 5.10 Å². The third-order valence-corrected chi connectivity index (χ3v) is 7.33. The van der Waals surface area contributed by atoms with Crippen LogP contribution in [0.1, 0.15) is 50.0 Å². The number of amides is 2. The maximum atomic E-state index is 13.2. The molecule has 0 bridgehead atoms. The van der Waals surface area contributed by atoms with Crippen LogP contribution in [0.4, 0.5) is 5.69 Å². The Balaban J connectivity index is 1.22. The van der Waals surface area contributed by atoms with Gasteiger partial charge in [-0.05, 0) is 54.5 Å². The van der Waals surface area contributed by atoms with Crippen LogP contribution in [0.15, 0.2) is 66.4 Å². The van der Waals surface area contributed by atoms with Crippen LogP contribution in [0, 0.1) is 6.92 Å². The van der Waals surface area contributed by atoms with E-state index in [-0.39, 0.29) is 11.8 Å². The first-order valence-corrected chi connectivity index (χ1v) is 12.6. The predicted molar refractivity (Wildman–Crippen MR) is 138 cm³/mol. The summed E-state index contributed by atoms with van der Waals surface area (Å²) in [6.07, 6.45) is 7.35. The Hall–Kier alpha value is -3.78. The maximum absolute atomic E-state index is 13.2. The third-order valence-electron chi connectivity index (χ3n) is 6.56. The molecule has 2 amide bonds. The molecule has 4 aromatic rings. The molecule has 0 radical (unpaired) electrons. The highest BCUT2D eigenvalue weighted by molar-refractivity contribution is 7.11. The van der Waals surface area contributed by atoms with Crippen molar-refractivity contribution in [2.75, 3.05) is 18.4 Å². The number of rotatable bonds is 5. The van der Waals surface area contributed by atoms with Gasteiger partial charge in [0, 0.05) is 54.7 Å². The lowest BCUT2D eigenvalue weighted by atomic mass is 9.88. The van der Waals surface area contributed by atoms with E-state index in [0.29, 0.717) is 35.3 Å². The Kier molecular flexibility index (Phi) is 6.46. The van der Waals surface area contributed by atoms with Crippen LogP contribution in [0.3, 0.4) is 0 Å². The SMILES string of the molecule is Cc1ccc(C(=O)N2CCC(c3ccc(-c4cnn(C)c4)cc3)CC2)cc1NC(=O)c1nccs1. The average Bonchev–Trinajstić information content (AvgIpc) is 3.58. The Morgan fingerprint density at radius 2 is 1.83 bits per heavy atom. The van der Waals surface area contributed by atoms with Gasteiger partial charge in [0.2, 0.25) is 0 Å². The summed E-state index contributed by atoms with van der Waals surface area (Å²) in [6.45, 7) is 3.34. The maximum Gasteiger partial charge on any atom is 0.284 e. The molecule has 2 aromatic carbocycles. The van der Waals surface area contributed by atoms with Crippen molar-refractivity contribution in [3.63, 3.8) is 0 Å². The Morgan fingerprint density at radius 1 is 1.06 bits per heavy atom. The van der Waals surface area contributed by atoms with E-state index in [0.717, 1.165) is 29.5 Å². The van der Waals surface area contributed by atoms with Crippen molar-refractivity contribution in [2.24, 2.45) is 7.05 Å². The van der Waals surface area contributed by atoms with E-state index in [2.05, 4.69) is 39.7 Å². The molecule has 0 saturated carbocycles. The van der Waals surface area contributed by atoms with Gasteiger partial charge in [0.15, 0.2) is 5.01 Å². The van der Waals surface area contributed by atoms with Crippen LogP contribution >= 0.6 is 11.3 Å². The summed E-state index contributed by atoms with van der Waals surface area (Å²) >= 11 is 1.29. The molecule has 35 heavy (non-hydrogen) atoms. The Morgan fingerprint density at radius 3 is 2.49 bits per heavy atom. The van der Waals surface area contributed by atoms with Crippen molar-refractivity contribution < 1.29 is 9.59 Å². The second kappa shape index (κ2) is 9.84. The molecule has 1 aliphatic heterocycles. The number of aromatic nitrogens is 3. The zero-order chi connectivity index (χ0) is 24.4. The molecule has 2 aromatic heterocycles. The normalized spacial score (nSPS) is 14.2. The highest BCUT2D eigenvalue weighted by Gasteiger charge is 2.25. The average molecular weight is 486 g/mol. The van der Waals surface area contributed by atoms with E-state index < -0.39 is 0 Å². The van der Waals surface area contributed by atoms with Gasteiger partial charge >= 0.3 is 0 Å². The summed E-state index contributed by atoms with van der Waals surface area (Å²) in [5.41, 5.74) is 5.71. The summed E-state index contributed by atoms with van der Waals surface area (Å²) < 4.78 is 1.81. The Bertz CT molecular complexity index is 1340. The smallest absolute Gasteiger partial charge is 0.284 e. The second-order valence-corrected chi connectivity index (χ2v) is 9.81. The van der Waals surface area contributed by atoms with Crippen LogP contribution in [0.5, 0.6) is 0 Å². The summed E-state index contributed by atoms with van der Waals surface area (Å²) in [6, 6.07) is 14.2. The quantitative estimate of drug-likeness (QED) is 0.425. The van der Waals surface area contributed by atoms with Gasteiger partial charge in [-0.1, -0.05) is 30.3 Å². The molecule has 1 fully saturated rings. The zero-order valence-corrected chi connectivity index (χ0v) is 20.6. The summed E-state index contributed by atoms with van der Waals surface area (Å²) in [4.78, 5) is 31.6. The molecule has 7 nitrogen and oxygen atoms in total. The van der Waals surface area contributed by atoms with Crippen molar-refractivity contribution in [1.82, 2.24) is 19.7 Å². The highest BCUT2D eigenvalue weighted by atomic mass is 32.1. The van der Waals surface area contributed by atoms with E-state index >= 15 is 0 Å². The molecular weight excluding hydrogens is 458 g/mol. The number of carbonyl (C=O) groups is 2. The molecule has 0 unspecified atom stereocenters. The van der Waals surface area contributed by atoms with Crippen LogP contribution in [0.2, 0.25) is 0 Å². The van der Waals surface area contributed by atoms with Crippen LogP contribution in [0.25, 0.3) is 11.1 Å². The minimum absolute atomic E-state index is 0.000114. The molecule has 0 aliphatic carbocycles. The first-order valence-electron chi connectivity index (χ1n) is 11.7. The Labute approximate surface area is 208 Å². The van der Waals surface area contributed by atoms with Gasteiger partial charge in [0.25, 0.3) is 11.8 Å². The summed E-state index contributed by atoms with van der Waals surface area (Å²) in [5.74, 6) is 0.177. The number of likely N-dealkylation sites (tertiary alicyclic amines) is 1. The summed E-state index contributed by atoms with van der Waals surface area (Å²) in [7, 11) is 1.92. The highest BCUT2D eigenvalue weighted by Crippen LogP contribution is 2.31. The topological polar surface area (TPSA) is 80.1 Å². The van der Waals surface area contributed by atoms with E-state index in [4.69, 9.17) is 0 Å². The van der Waals surface area contributed by atoms with Crippen molar-refractivity contribution in [2.45, 2.75) is 25.7 Å². The van der Waals surface area contributed by atoms with Gasteiger partial charge in [0.1, 0.15) is 0 Å². The molecule has 1 aliphatic rings. The number of anilines is 1. The number of nitrogens with one attached hydrogen (secondary N) is 1. The molecule has 1 N–H and O–H groups in total. The van der Waals surface area contributed by atoms with Crippen molar-refractivity contribution in [1.29, 1.82) is 0 Å². The van der Waals surface area contributed by atoms with E-state index in [9.17, 15) is 9.59 Å². The van der Waals surface area contributed by atoms with E-state index in [1.807, 2.05) is 48.1 Å². The molecule has 5 rings (SSSR count). The minimum Gasteiger partial charge on any atom is -0.339 e. The number of aryl methyl sites for hydroxylation is 2. The lowest BCUT2D eigenvalue weighted by molar-refractivity contribution is 0.0712. The van der Waals surface area contributed by atoms with Crippen molar-refractivity contribution in [3.8, 4) is 11.1 Å². The number of piperidine rings is 1. The number of carbonyl (C=O) groups excluding carboxylic acids is 2.